The van der Waals surface area contributed by atoms with Crippen LogP contribution in [0.25, 0.3) is 99.6 Å². The molecule has 0 N–H and O–H groups in total. The lowest BCUT2D eigenvalue weighted by atomic mass is 10.0. The molecular formula is C68H44N8S. The number of hydrogen-bond acceptors (Lipinski definition) is 7. The number of fused-ring (bicyclic) bond motifs is 8. The van der Waals surface area contributed by atoms with Crippen LogP contribution >= 0.6 is 11.7 Å². The molecule has 362 valence electrons. The molecule has 8 nitrogen and oxygen atoms in total. The molecule has 0 bridgehead atoms. The van der Waals surface area contributed by atoms with Gasteiger partial charge in [-0.3, -0.25) is 0 Å². The number of aromatic nitrogens is 6. The smallest absolute Gasteiger partial charge is 0.133 e. The van der Waals surface area contributed by atoms with E-state index < -0.39 is 0 Å². The summed E-state index contributed by atoms with van der Waals surface area (Å²) in [6.07, 6.45) is 0. The molecule has 11 aromatic carbocycles. The van der Waals surface area contributed by atoms with E-state index in [9.17, 15) is 0 Å². The number of anilines is 6. The molecule has 77 heavy (non-hydrogen) atoms. The van der Waals surface area contributed by atoms with Crippen molar-refractivity contribution < 1.29 is 0 Å². The molecule has 0 fully saturated rings. The number of rotatable bonds is 10. The van der Waals surface area contributed by atoms with Gasteiger partial charge in [-0.05, 0) is 97.1 Å². The topological polar surface area (TPSA) is 67.9 Å². The van der Waals surface area contributed by atoms with Gasteiger partial charge in [-0.2, -0.15) is 8.75 Å². The highest BCUT2D eigenvalue weighted by atomic mass is 32.1. The summed E-state index contributed by atoms with van der Waals surface area (Å²) < 4.78 is 15.2. The Labute approximate surface area is 447 Å². The second-order valence-corrected chi connectivity index (χ2v) is 19.7. The number of benzene rings is 11. The molecule has 0 amide bonds. The van der Waals surface area contributed by atoms with Gasteiger partial charge in [-0.1, -0.05) is 170 Å². The first-order chi connectivity index (χ1) is 38.2. The lowest BCUT2D eigenvalue weighted by Crippen LogP contribution is -2.16. The standard InChI is InChI=1S/C68H44N8S/c1-5-21-45(22-6-1)61-62(46-23-7-2-8-24-46)70-64-63(69-61)67(73(47-25-9-3-10-26-47)49-37-41-51(42-38-49)75-57-33-17-13-29-53(57)54-30-14-18-34-58(54)75)65-66(72-77-71-65)68(64)74(48-27-11-4-12-28-48)50-39-43-52(44-40-50)76-59-35-19-15-31-55(59)56-32-16-20-36-60(56)76/h1-44H. The minimum absolute atomic E-state index is 0.678. The van der Waals surface area contributed by atoms with Gasteiger partial charge in [0.2, 0.25) is 0 Å². The van der Waals surface area contributed by atoms with Gasteiger partial charge in [0.05, 0.1) is 45.2 Å². The Morgan fingerprint density at radius 2 is 0.558 bits per heavy atom. The fourth-order valence-corrected chi connectivity index (χ4v) is 11.9. The Hall–Kier alpha value is -10.2. The third kappa shape index (κ3) is 7.28. The van der Waals surface area contributed by atoms with Crippen LogP contribution in [0.2, 0.25) is 0 Å². The zero-order chi connectivity index (χ0) is 50.8. The number of hydrogen-bond donors (Lipinski definition) is 0. The predicted molar refractivity (Wildman–Crippen MR) is 319 cm³/mol. The van der Waals surface area contributed by atoms with Crippen molar-refractivity contribution in [2.75, 3.05) is 9.80 Å². The van der Waals surface area contributed by atoms with E-state index in [0.717, 1.165) is 90.1 Å². The molecule has 0 saturated heterocycles. The molecule has 0 aliphatic carbocycles. The summed E-state index contributed by atoms with van der Waals surface area (Å²) >= 11 is 1.20. The highest BCUT2D eigenvalue weighted by molar-refractivity contribution is 7.00. The second kappa shape index (κ2) is 18.3. The van der Waals surface area contributed by atoms with Crippen LogP contribution in [-0.2, 0) is 0 Å². The van der Waals surface area contributed by atoms with Gasteiger partial charge in [0.1, 0.15) is 33.4 Å². The van der Waals surface area contributed by atoms with Crippen LogP contribution in [0.5, 0.6) is 0 Å². The molecule has 0 radical (unpaired) electrons. The van der Waals surface area contributed by atoms with Crippen molar-refractivity contribution in [3.63, 3.8) is 0 Å². The summed E-state index contributed by atoms with van der Waals surface area (Å²) in [5.74, 6) is 0. The van der Waals surface area contributed by atoms with E-state index in [1.165, 1.54) is 33.3 Å². The van der Waals surface area contributed by atoms with Crippen LogP contribution in [0, 0.1) is 0 Å². The summed E-state index contributed by atoms with van der Waals surface area (Å²) in [6.45, 7) is 0. The third-order valence-electron chi connectivity index (χ3n) is 14.7. The molecule has 4 heterocycles. The molecule has 0 atom stereocenters. The maximum absolute atomic E-state index is 5.88. The Kier molecular flexibility index (Phi) is 10.5. The van der Waals surface area contributed by atoms with Crippen molar-refractivity contribution in [1.82, 2.24) is 27.8 Å². The van der Waals surface area contributed by atoms with Crippen molar-refractivity contribution in [2.45, 2.75) is 0 Å². The maximum atomic E-state index is 5.88. The minimum Gasteiger partial charge on any atom is -0.309 e. The second-order valence-electron chi connectivity index (χ2n) is 19.1. The van der Waals surface area contributed by atoms with Crippen LogP contribution in [0.4, 0.5) is 34.1 Å². The summed E-state index contributed by atoms with van der Waals surface area (Å²) in [5.41, 5.74) is 18.2. The zero-order valence-corrected chi connectivity index (χ0v) is 42.2. The van der Waals surface area contributed by atoms with Gasteiger partial charge in [-0.25, -0.2) is 9.97 Å². The van der Waals surface area contributed by atoms with Crippen molar-refractivity contribution in [1.29, 1.82) is 0 Å². The van der Waals surface area contributed by atoms with Gasteiger partial charge < -0.3 is 18.9 Å². The van der Waals surface area contributed by atoms with E-state index in [4.69, 9.17) is 18.7 Å². The fourth-order valence-electron chi connectivity index (χ4n) is 11.4. The number of para-hydroxylation sites is 6. The van der Waals surface area contributed by atoms with Gasteiger partial charge in [0.25, 0.3) is 0 Å². The van der Waals surface area contributed by atoms with Crippen LogP contribution in [-0.4, -0.2) is 27.8 Å². The molecule has 0 spiro atoms. The SMILES string of the molecule is c1ccc(-c2nc3c(N(c4ccccc4)c4ccc(-n5c6ccccc6c6ccccc65)cc4)c4nsnc4c(N(c4ccccc4)c4ccc(-n5c6ccccc6c6ccccc65)cc4)c3nc2-c2ccccc2)cc1. The predicted octanol–water partition coefficient (Wildman–Crippen LogP) is 18.1. The van der Waals surface area contributed by atoms with Crippen LogP contribution in [0.1, 0.15) is 0 Å². The van der Waals surface area contributed by atoms with Crippen LogP contribution < -0.4 is 9.80 Å². The maximum Gasteiger partial charge on any atom is 0.133 e. The average Bonchev–Trinajstić information content (AvgIpc) is 4.39. The summed E-state index contributed by atoms with van der Waals surface area (Å²) in [4.78, 5) is 16.3. The minimum atomic E-state index is 0.678. The molecule has 15 aromatic rings. The summed E-state index contributed by atoms with van der Waals surface area (Å²) in [5, 5.41) is 4.87. The Balaban J connectivity index is 1.00. The first-order valence-electron chi connectivity index (χ1n) is 25.7. The lowest BCUT2D eigenvalue weighted by Gasteiger charge is -2.30. The summed E-state index contributed by atoms with van der Waals surface area (Å²) in [6, 6.07) is 94.0. The van der Waals surface area contributed by atoms with E-state index in [1.54, 1.807) is 0 Å². The molecule has 0 aliphatic heterocycles. The molecule has 0 aliphatic rings. The van der Waals surface area contributed by atoms with Gasteiger partial charge in [0.15, 0.2) is 0 Å². The molecular weight excluding hydrogens is 961 g/mol. The van der Waals surface area contributed by atoms with E-state index >= 15 is 0 Å². The van der Waals surface area contributed by atoms with Gasteiger partial charge >= 0.3 is 0 Å². The van der Waals surface area contributed by atoms with Crippen LogP contribution in [0.3, 0.4) is 0 Å². The first-order valence-corrected chi connectivity index (χ1v) is 26.5. The third-order valence-corrected chi connectivity index (χ3v) is 15.3. The van der Waals surface area contributed by atoms with E-state index in [1.807, 2.05) is 12.1 Å². The van der Waals surface area contributed by atoms with E-state index in [-0.39, 0.29) is 0 Å². The van der Waals surface area contributed by atoms with Crippen molar-refractivity contribution in [3.8, 4) is 33.9 Å². The molecule has 0 unspecified atom stereocenters. The largest absolute Gasteiger partial charge is 0.309 e. The highest BCUT2D eigenvalue weighted by Gasteiger charge is 2.31. The molecule has 0 saturated carbocycles. The average molecular weight is 1010 g/mol. The lowest BCUT2D eigenvalue weighted by molar-refractivity contribution is 1.17. The van der Waals surface area contributed by atoms with E-state index in [0.29, 0.717) is 22.1 Å². The quantitative estimate of drug-likeness (QED) is 0.127. The monoisotopic (exact) mass is 1000 g/mol. The Bertz CT molecular complexity index is 4270. The van der Waals surface area contributed by atoms with Crippen molar-refractivity contribution in [3.05, 3.63) is 267 Å². The molecule has 4 aromatic heterocycles. The highest BCUT2D eigenvalue weighted by Crippen LogP contribution is 2.51. The Morgan fingerprint density at radius 3 is 0.896 bits per heavy atom. The molecule has 9 heteroatoms. The zero-order valence-electron chi connectivity index (χ0n) is 41.4. The van der Waals surface area contributed by atoms with Gasteiger partial charge in [-0.15, -0.1) is 0 Å². The van der Waals surface area contributed by atoms with E-state index in [2.05, 4.69) is 274 Å². The molecule has 15 rings (SSSR count). The van der Waals surface area contributed by atoms with Gasteiger partial charge in [0, 0.05) is 66.8 Å². The fraction of sp³-hybridized carbons (Fsp3) is 0. The first kappa shape index (κ1) is 44.3. The van der Waals surface area contributed by atoms with Crippen molar-refractivity contribution >= 4 is 112 Å². The van der Waals surface area contributed by atoms with Crippen LogP contribution in [0.15, 0.2) is 267 Å². The number of nitrogens with zero attached hydrogens (tertiary/aromatic N) is 8. The van der Waals surface area contributed by atoms with Crippen molar-refractivity contribution in [2.24, 2.45) is 0 Å². The summed E-state index contributed by atoms with van der Waals surface area (Å²) in [7, 11) is 0. The Morgan fingerprint density at radius 1 is 0.273 bits per heavy atom. The normalized spacial score (nSPS) is 11.6.